The number of aromatic nitrogens is 4. The summed E-state index contributed by atoms with van der Waals surface area (Å²) in [5, 5.41) is 12.1. The zero-order valence-electron chi connectivity index (χ0n) is 12.6. The number of nitrogens with zero attached hydrogens (tertiary/aromatic N) is 4. The maximum absolute atomic E-state index is 6.01. The van der Waals surface area contributed by atoms with Crippen molar-refractivity contribution in [3.05, 3.63) is 23.3 Å². The van der Waals surface area contributed by atoms with Crippen molar-refractivity contribution >= 4 is 5.69 Å². The number of hydrogen-bond donors (Lipinski definition) is 1. The van der Waals surface area contributed by atoms with Crippen LogP contribution in [0.25, 0.3) is 11.4 Å². The molecule has 0 radical (unpaired) electrons. The number of nitrogens with two attached hydrogens (primary N) is 1. The Balaban J connectivity index is 2.56. The summed E-state index contributed by atoms with van der Waals surface area (Å²) in [5.74, 6) is 0.705. The van der Waals surface area contributed by atoms with Gasteiger partial charge in [-0.3, -0.25) is 0 Å². The average molecular weight is 275 g/mol. The number of aryl methyl sites for hydroxylation is 2. The number of anilines is 1. The van der Waals surface area contributed by atoms with Crippen molar-refractivity contribution in [1.82, 2.24) is 20.2 Å². The first-order chi connectivity index (χ1) is 9.36. The normalized spacial score (nSPS) is 11.8. The number of methoxy groups -OCH3 is 1. The Labute approximate surface area is 118 Å². The van der Waals surface area contributed by atoms with Crippen molar-refractivity contribution in [2.24, 2.45) is 0 Å². The molecule has 0 saturated heterocycles. The molecule has 1 aromatic carbocycles. The van der Waals surface area contributed by atoms with E-state index in [0.29, 0.717) is 12.4 Å². The molecular formula is C14H21N5O. The molecule has 0 fully saturated rings. The Kier molecular flexibility index (Phi) is 3.76. The summed E-state index contributed by atoms with van der Waals surface area (Å²) in [5.41, 5.74) is 9.52. The molecule has 6 heteroatoms. The molecule has 0 atom stereocenters. The molecule has 20 heavy (non-hydrogen) atoms. The van der Waals surface area contributed by atoms with Crippen LogP contribution in [0.3, 0.4) is 0 Å². The maximum Gasteiger partial charge on any atom is 0.182 e. The van der Waals surface area contributed by atoms with Crippen LogP contribution in [0.5, 0.6) is 0 Å². The Morgan fingerprint density at radius 2 is 1.95 bits per heavy atom. The molecule has 1 aromatic heterocycles. The van der Waals surface area contributed by atoms with E-state index in [-0.39, 0.29) is 5.54 Å². The van der Waals surface area contributed by atoms with E-state index in [1.165, 1.54) is 0 Å². The fourth-order valence-electron chi connectivity index (χ4n) is 2.29. The molecule has 1 heterocycles. The third-order valence-corrected chi connectivity index (χ3v) is 3.39. The molecule has 0 amide bonds. The van der Waals surface area contributed by atoms with E-state index in [2.05, 4.69) is 15.5 Å². The van der Waals surface area contributed by atoms with Gasteiger partial charge in [-0.25, -0.2) is 4.68 Å². The first kappa shape index (κ1) is 14.5. The molecule has 2 aromatic rings. The Bertz CT molecular complexity index is 618. The Morgan fingerprint density at radius 3 is 2.60 bits per heavy atom. The predicted octanol–water partition coefficient (Wildman–Crippen LogP) is 1.92. The number of hydrogen-bond acceptors (Lipinski definition) is 5. The molecular weight excluding hydrogens is 254 g/mol. The second-order valence-electron chi connectivity index (χ2n) is 5.68. The Morgan fingerprint density at radius 1 is 1.25 bits per heavy atom. The highest BCUT2D eigenvalue weighted by Gasteiger charge is 2.26. The summed E-state index contributed by atoms with van der Waals surface area (Å²) in [4.78, 5) is 0. The van der Waals surface area contributed by atoms with Crippen LogP contribution in [0, 0.1) is 13.8 Å². The van der Waals surface area contributed by atoms with E-state index in [1.807, 2.05) is 39.8 Å². The highest BCUT2D eigenvalue weighted by Crippen LogP contribution is 2.28. The number of tetrazole rings is 1. The number of rotatable bonds is 4. The first-order valence-corrected chi connectivity index (χ1v) is 6.51. The molecule has 0 bridgehead atoms. The van der Waals surface area contributed by atoms with Crippen molar-refractivity contribution in [2.45, 2.75) is 33.2 Å². The van der Waals surface area contributed by atoms with E-state index >= 15 is 0 Å². The quantitative estimate of drug-likeness (QED) is 0.862. The SMILES string of the molecule is COCC(C)(C)n1nnnc1-c1cc(N)c(C)cc1C. The van der Waals surface area contributed by atoms with Gasteiger partial charge in [-0.15, -0.1) is 5.10 Å². The van der Waals surface area contributed by atoms with Gasteiger partial charge < -0.3 is 10.5 Å². The van der Waals surface area contributed by atoms with E-state index in [9.17, 15) is 0 Å². The van der Waals surface area contributed by atoms with Gasteiger partial charge in [-0.2, -0.15) is 0 Å². The van der Waals surface area contributed by atoms with Gasteiger partial charge in [0.15, 0.2) is 5.82 Å². The fourth-order valence-corrected chi connectivity index (χ4v) is 2.29. The lowest BCUT2D eigenvalue weighted by atomic mass is 10.0. The standard InChI is InChI=1S/C14H21N5O/c1-9-6-10(2)12(15)7-11(9)13-16-17-18-19(13)14(3,4)8-20-5/h6-7H,8,15H2,1-5H3. The minimum atomic E-state index is -0.334. The van der Waals surface area contributed by atoms with Crippen LogP contribution >= 0.6 is 0 Å². The number of nitrogen functional groups attached to an aromatic ring is 1. The van der Waals surface area contributed by atoms with Gasteiger partial charge in [0.25, 0.3) is 0 Å². The van der Waals surface area contributed by atoms with Crippen LogP contribution in [0.2, 0.25) is 0 Å². The highest BCUT2D eigenvalue weighted by molar-refractivity contribution is 5.67. The monoisotopic (exact) mass is 275 g/mol. The molecule has 0 unspecified atom stereocenters. The van der Waals surface area contributed by atoms with Gasteiger partial charge in [-0.05, 0) is 55.3 Å². The van der Waals surface area contributed by atoms with Gasteiger partial charge in [-0.1, -0.05) is 6.07 Å². The first-order valence-electron chi connectivity index (χ1n) is 6.51. The van der Waals surface area contributed by atoms with Crippen LogP contribution < -0.4 is 5.73 Å². The van der Waals surface area contributed by atoms with Crippen LogP contribution in [0.4, 0.5) is 5.69 Å². The van der Waals surface area contributed by atoms with Crippen molar-refractivity contribution < 1.29 is 4.74 Å². The smallest absolute Gasteiger partial charge is 0.182 e. The summed E-state index contributed by atoms with van der Waals surface area (Å²) in [6.45, 7) is 8.60. The molecule has 2 N–H and O–H groups in total. The number of benzene rings is 1. The van der Waals surface area contributed by atoms with Crippen molar-refractivity contribution in [2.75, 3.05) is 19.5 Å². The maximum atomic E-state index is 6.01. The van der Waals surface area contributed by atoms with Crippen molar-refractivity contribution in [1.29, 1.82) is 0 Å². The second-order valence-corrected chi connectivity index (χ2v) is 5.68. The molecule has 0 aliphatic rings. The van der Waals surface area contributed by atoms with Crippen LogP contribution in [0.15, 0.2) is 12.1 Å². The summed E-state index contributed by atoms with van der Waals surface area (Å²) in [6, 6.07) is 3.97. The lowest BCUT2D eigenvalue weighted by molar-refractivity contribution is 0.101. The lowest BCUT2D eigenvalue weighted by Gasteiger charge is -2.25. The summed E-state index contributed by atoms with van der Waals surface area (Å²) in [7, 11) is 1.67. The summed E-state index contributed by atoms with van der Waals surface area (Å²) >= 11 is 0. The van der Waals surface area contributed by atoms with E-state index in [4.69, 9.17) is 10.5 Å². The molecule has 0 spiro atoms. The Hall–Kier alpha value is -1.95. The minimum absolute atomic E-state index is 0.334. The fraction of sp³-hybridized carbons (Fsp3) is 0.500. The highest BCUT2D eigenvalue weighted by atomic mass is 16.5. The van der Waals surface area contributed by atoms with E-state index in [1.54, 1.807) is 11.8 Å². The molecule has 2 rings (SSSR count). The summed E-state index contributed by atoms with van der Waals surface area (Å²) in [6.07, 6.45) is 0. The zero-order chi connectivity index (χ0) is 14.9. The largest absolute Gasteiger partial charge is 0.398 e. The van der Waals surface area contributed by atoms with E-state index < -0.39 is 0 Å². The zero-order valence-corrected chi connectivity index (χ0v) is 12.6. The van der Waals surface area contributed by atoms with Crippen molar-refractivity contribution in [3.8, 4) is 11.4 Å². The van der Waals surface area contributed by atoms with Crippen LogP contribution in [-0.2, 0) is 10.3 Å². The average Bonchev–Trinajstić information content (AvgIpc) is 2.83. The molecule has 108 valence electrons. The van der Waals surface area contributed by atoms with Gasteiger partial charge in [0.1, 0.15) is 0 Å². The predicted molar refractivity (Wildman–Crippen MR) is 78.3 cm³/mol. The second kappa shape index (κ2) is 5.20. The van der Waals surface area contributed by atoms with Gasteiger partial charge in [0, 0.05) is 18.4 Å². The molecule has 0 aliphatic carbocycles. The summed E-state index contributed by atoms with van der Waals surface area (Å²) < 4.78 is 7.04. The lowest BCUT2D eigenvalue weighted by Crippen LogP contribution is -2.33. The van der Waals surface area contributed by atoms with Gasteiger partial charge in [0.2, 0.25) is 0 Å². The van der Waals surface area contributed by atoms with Gasteiger partial charge >= 0.3 is 0 Å². The van der Waals surface area contributed by atoms with E-state index in [0.717, 1.165) is 22.4 Å². The van der Waals surface area contributed by atoms with Crippen LogP contribution in [0.1, 0.15) is 25.0 Å². The third kappa shape index (κ3) is 2.51. The third-order valence-electron chi connectivity index (χ3n) is 3.39. The number of ether oxygens (including phenoxy) is 1. The minimum Gasteiger partial charge on any atom is -0.398 e. The molecule has 6 nitrogen and oxygen atoms in total. The van der Waals surface area contributed by atoms with Gasteiger partial charge in [0.05, 0.1) is 12.1 Å². The van der Waals surface area contributed by atoms with Crippen LogP contribution in [-0.4, -0.2) is 33.9 Å². The topological polar surface area (TPSA) is 78.8 Å². The molecule has 0 aliphatic heterocycles. The van der Waals surface area contributed by atoms with Crippen molar-refractivity contribution in [3.63, 3.8) is 0 Å². The molecule has 0 saturated carbocycles.